The summed E-state index contributed by atoms with van der Waals surface area (Å²) >= 11 is 0. The van der Waals surface area contributed by atoms with Crippen LogP contribution < -0.4 is 5.32 Å². The van der Waals surface area contributed by atoms with Crippen LogP contribution >= 0.6 is 0 Å². The van der Waals surface area contributed by atoms with Gasteiger partial charge in [-0.15, -0.1) is 0 Å². The van der Waals surface area contributed by atoms with Gasteiger partial charge in [-0.2, -0.15) is 0 Å². The van der Waals surface area contributed by atoms with Gasteiger partial charge in [0.05, 0.1) is 0 Å². The van der Waals surface area contributed by atoms with Crippen molar-refractivity contribution in [3.8, 4) is 0 Å². The Hall–Kier alpha value is -1.76. The van der Waals surface area contributed by atoms with E-state index in [4.69, 9.17) is 0 Å². The quantitative estimate of drug-likeness (QED) is 0.808. The van der Waals surface area contributed by atoms with Crippen LogP contribution in [0.5, 0.6) is 0 Å². The summed E-state index contributed by atoms with van der Waals surface area (Å²) < 4.78 is 0. The predicted octanol–water partition coefficient (Wildman–Crippen LogP) is 3.90. The molecule has 0 aliphatic heterocycles. The Morgan fingerprint density at radius 1 is 0.875 bits per heavy atom. The molecule has 0 aromatic heterocycles. The standard InChI is InChI=1S/C15H17N/c1-13(14-8-4-2-5-9-14)12-16-15-10-6-3-7-11-15/h2-11,13,16H,12H2,1H3. The van der Waals surface area contributed by atoms with Crippen molar-refractivity contribution in [1.29, 1.82) is 0 Å². The first-order valence-electron chi connectivity index (χ1n) is 5.70. The van der Waals surface area contributed by atoms with Gasteiger partial charge in [0, 0.05) is 12.2 Å². The third-order valence-electron chi connectivity index (χ3n) is 2.75. The predicted molar refractivity (Wildman–Crippen MR) is 69.8 cm³/mol. The van der Waals surface area contributed by atoms with Crippen LogP contribution in [0, 0.1) is 0 Å². The molecule has 0 bridgehead atoms. The molecule has 0 amide bonds. The van der Waals surface area contributed by atoms with E-state index in [1.807, 2.05) is 6.07 Å². The third kappa shape index (κ3) is 2.86. The van der Waals surface area contributed by atoms with Crippen molar-refractivity contribution in [3.05, 3.63) is 66.2 Å². The van der Waals surface area contributed by atoms with Gasteiger partial charge in [-0.25, -0.2) is 0 Å². The lowest BCUT2D eigenvalue weighted by Gasteiger charge is -2.13. The average molecular weight is 211 g/mol. The Morgan fingerprint density at radius 2 is 1.44 bits per heavy atom. The molecule has 82 valence electrons. The zero-order valence-electron chi connectivity index (χ0n) is 9.56. The zero-order chi connectivity index (χ0) is 11.2. The van der Waals surface area contributed by atoms with Gasteiger partial charge in [-0.1, -0.05) is 55.5 Å². The highest BCUT2D eigenvalue weighted by Gasteiger charge is 2.03. The summed E-state index contributed by atoms with van der Waals surface area (Å²) in [5.41, 5.74) is 2.57. The Labute approximate surface area is 97.1 Å². The van der Waals surface area contributed by atoms with Gasteiger partial charge in [-0.3, -0.25) is 0 Å². The van der Waals surface area contributed by atoms with E-state index in [0.717, 1.165) is 6.54 Å². The average Bonchev–Trinajstić information content (AvgIpc) is 2.38. The van der Waals surface area contributed by atoms with Crippen molar-refractivity contribution in [2.24, 2.45) is 0 Å². The molecular formula is C15H17N. The molecule has 0 heterocycles. The minimum Gasteiger partial charge on any atom is -0.384 e. The second-order valence-corrected chi connectivity index (χ2v) is 4.06. The summed E-state index contributed by atoms with van der Waals surface area (Å²) in [4.78, 5) is 0. The number of hydrogen-bond donors (Lipinski definition) is 1. The first-order chi connectivity index (χ1) is 7.86. The summed E-state index contributed by atoms with van der Waals surface area (Å²) in [6, 6.07) is 20.9. The maximum Gasteiger partial charge on any atom is 0.0340 e. The summed E-state index contributed by atoms with van der Waals surface area (Å²) in [6.07, 6.45) is 0. The van der Waals surface area contributed by atoms with Crippen molar-refractivity contribution in [1.82, 2.24) is 0 Å². The third-order valence-corrected chi connectivity index (χ3v) is 2.75. The number of rotatable bonds is 4. The second-order valence-electron chi connectivity index (χ2n) is 4.06. The lowest BCUT2D eigenvalue weighted by molar-refractivity contribution is 0.805. The van der Waals surface area contributed by atoms with Crippen LogP contribution in [0.15, 0.2) is 60.7 Å². The van der Waals surface area contributed by atoms with E-state index in [2.05, 4.69) is 66.8 Å². The van der Waals surface area contributed by atoms with Crippen LogP contribution in [-0.4, -0.2) is 6.54 Å². The van der Waals surface area contributed by atoms with Gasteiger partial charge >= 0.3 is 0 Å². The van der Waals surface area contributed by atoms with Gasteiger partial charge in [0.25, 0.3) is 0 Å². The highest BCUT2D eigenvalue weighted by Crippen LogP contribution is 2.15. The monoisotopic (exact) mass is 211 g/mol. The summed E-state index contributed by atoms with van der Waals surface area (Å²) in [7, 11) is 0. The van der Waals surface area contributed by atoms with E-state index in [1.165, 1.54) is 11.3 Å². The minimum atomic E-state index is 0.529. The molecule has 2 aromatic carbocycles. The Morgan fingerprint density at radius 3 is 2.06 bits per heavy atom. The number of anilines is 1. The molecule has 16 heavy (non-hydrogen) atoms. The lowest BCUT2D eigenvalue weighted by Crippen LogP contribution is -2.09. The fraction of sp³-hybridized carbons (Fsp3) is 0.200. The van der Waals surface area contributed by atoms with Crippen molar-refractivity contribution < 1.29 is 0 Å². The summed E-state index contributed by atoms with van der Waals surface area (Å²) in [5.74, 6) is 0.529. The molecule has 0 aliphatic carbocycles. The first kappa shape index (κ1) is 10.7. The lowest BCUT2D eigenvalue weighted by atomic mass is 10.0. The number of benzene rings is 2. The molecule has 1 N–H and O–H groups in total. The molecule has 0 saturated carbocycles. The molecule has 0 saturated heterocycles. The van der Waals surface area contributed by atoms with Crippen molar-refractivity contribution in [3.63, 3.8) is 0 Å². The second kappa shape index (κ2) is 5.36. The van der Waals surface area contributed by atoms with E-state index >= 15 is 0 Å². The molecule has 1 nitrogen and oxygen atoms in total. The number of nitrogens with one attached hydrogen (secondary N) is 1. The maximum absolute atomic E-state index is 3.44. The van der Waals surface area contributed by atoms with E-state index in [1.54, 1.807) is 0 Å². The zero-order valence-corrected chi connectivity index (χ0v) is 9.56. The molecule has 1 heteroatoms. The molecule has 1 atom stereocenters. The van der Waals surface area contributed by atoms with Crippen molar-refractivity contribution in [2.45, 2.75) is 12.8 Å². The van der Waals surface area contributed by atoms with E-state index < -0.39 is 0 Å². The normalized spacial score (nSPS) is 12.1. The first-order valence-corrected chi connectivity index (χ1v) is 5.70. The van der Waals surface area contributed by atoms with Crippen LogP contribution in [0.1, 0.15) is 18.4 Å². The van der Waals surface area contributed by atoms with Crippen LogP contribution in [-0.2, 0) is 0 Å². The molecule has 0 aliphatic rings. The van der Waals surface area contributed by atoms with Gasteiger partial charge < -0.3 is 5.32 Å². The van der Waals surface area contributed by atoms with E-state index in [0.29, 0.717) is 5.92 Å². The molecular weight excluding hydrogens is 194 g/mol. The molecule has 2 aromatic rings. The van der Waals surface area contributed by atoms with Gasteiger partial charge in [0.15, 0.2) is 0 Å². The van der Waals surface area contributed by atoms with Crippen molar-refractivity contribution >= 4 is 5.69 Å². The number of hydrogen-bond acceptors (Lipinski definition) is 1. The fourth-order valence-corrected chi connectivity index (χ4v) is 1.73. The Balaban J connectivity index is 1.92. The van der Waals surface area contributed by atoms with Gasteiger partial charge in [0.1, 0.15) is 0 Å². The number of para-hydroxylation sites is 1. The molecule has 0 fully saturated rings. The largest absolute Gasteiger partial charge is 0.384 e. The molecule has 0 spiro atoms. The summed E-state index contributed by atoms with van der Waals surface area (Å²) in [5, 5.41) is 3.44. The molecule has 2 rings (SSSR count). The van der Waals surface area contributed by atoms with Crippen LogP contribution in [0.3, 0.4) is 0 Å². The van der Waals surface area contributed by atoms with Crippen LogP contribution in [0.2, 0.25) is 0 Å². The van der Waals surface area contributed by atoms with Gasteiger partial charge in [0.2, 0.25) is 0 Å². The minimum absolute atomic E-state index is 0.529. The van der Waals surface area contributed by atoms with Gasteiger partial charge in [-0.05, 0) is 23.6 Å². The summed E-state index contributed by atoms with van der Waals surface area (Å²) in [6.45, 7) is 3.21. The van der Waals surface area contributed by atoms with E-state index in [-0.39, 0.29) is 0 Å². The van der Waals surface area contributed by atoms with Crippen LogP contribution in [0.25, 0.3) is 0 Å². The van der Waals surface area contributed by atoms with Crippen molar-refractivity contribution in [2.75, 3.05) is 11.9 Å². The highest BCUT2D eigenvalue weighted by molar-refractivity contribution is 5.42. The molecule has 1 unspecified atom stereocenters. The van der Waals surface area contributed by atoms with E-state index in [9.17, 15) is 0 Å². The Kier molecular flexibility index (Phi) is 3.60. The SMILES string of the molecule is CC(CNc1ccccc1)c1ccccc1. The maximum atomic E-state index is 3.44. The smallest absolute Gasteiger partial charge is 0.0340 e. The Bertz CT molecular complexity index is 408. The topological polar surface area (TPSA) is 12.0 Å². The highest BCUT2D eigenvalue weighted by atomic mass is 14.9. The fourth-order valence-electron chi connectivity index (χ4n) is 1.73. The molecule has 0 radical (unpaired) electrons. The van der Waals surface area contributed by atoms with Crippen LogP contribution in [0.4, 0.5) is 5.69 Å².